The van der Waals surface area contributed by atoms with Gasteiger partial charge in [0.05, 0.1) is 6.33 Å². The lowest BCUT2D eigenvalue weighted by atomic mass is 10.2. The Bertz CT molecular complexity index is 890. The first-order chi connectivity index (χ1) is 11.6. The highest BCUT2D eigenvalue weighted by molar-refractivity contribution is 6.02. The number of nitrogens with one attached hydrogen (secondary N) is 1. The number of nitrogens with zero attached hydrogens (tertiary/aromatic N) is 5. The molecule has 1 saturated heterocycles. The average Bonchev–Trinajstić information content (AvgIpc) is 3.10. The van der Waals surface area contributed by atoms with Crippen molar-refractivity contribution in [3.05, 3.63) is 43.0 Å². The number of fused-ring (bicyclic) bond motifs is 1. The zero-order valence-electron chi connectivity index (χ0n) is 13.5. The highest BCUT2D eigenvalue weighted by Crippen LogP contribution is 2.29. The van der Waals surface area contributed by atoms with Gasteiger partial charge >= 0.3 is 0 Å². The van der Waals surface area contributed by atoms with Gasteiger partial charge in [-0.05, 0) is 25.5 Å². The first-order valence-electron chi connectivity index (χ1n) is 7.92. The molecule has 0 saturated carbocycles. The number of anilines is 2. The van der Waals surface area contributed by atoms with Gasteiger partial charge in [0.2, 0.25) is 5.91 Å². The third-order valence-electron chi connectivity index (χ3n) is 4.40. The quantitative estimate of drug-likeness (QED) is 0.798. The van der Waals surface area contributed by atoms with Crippen LogP contribution in [0, 0.1) is 0 Å². The lowest BCUT2D eigenvalue weighted by molar-refractivity contribution is -0.117. The first-order valence-corrected chi connectivity index (χ1v) is 7.92. The Balaban J connectivity index is 1.62. The molecule has 1 aromatic carbocycles. The largest absolute Gasteiger partial charge is 0.356 e. The Labute approximate surface area is 139 Å². The van der Waals surface area contributed by atoms with Crippen molar-refractivity contribution in [2.45, 2.75) is 25.4 Å². The van der Waals surface area contributed by atoms with Crippen molar-refractivity contribution in [3.8, 4) is 0 Å². The Hall–Kier alpha value is -2.96. The van der Waals surface area contributed by atoms with E-state index in [-0.39, 0.29) is 18.0 Å². The van der Waals surface area contributed by atoms with Crippen LogP contribution in [0.25, 0.3) is 11.2 Å². The Morgan fingerprint density at radius 3 is 2.75 bits per heavy atom. The molecule has 24 heavy (non-hydrogen) atoms. The van der Waals surface area contributed by atoms with Crippen molar-refractivity contribution in [3.63, 3.8) is 0 Å². The molecule has 1 aliphatic heterocycles. The molecule has 0 bridgehead atoms. The monoisotopic (exact) mass is 322 g/mol. The molecule has 1 aliphatic rings. The molecule has 1 amide bonds. The number of carbonyl (C=O) groups excluding carboxylic acids is 1. The van der Waals surface area contributed by atoms with Gasteiger partial charge in [-0.3, -0.25) is 4.79 Å². The van der Waals surface area contributed by atoms with E-state index in [4.69, 9.17) is 0 Å². The summed E-state index contributed by atoms with van der Waals surface area (Å²) in [5.74, 6) is 0.650. The SMILES string of the molecule is CC1CC(Nc2ncnc3c2ncn3C)C(=O)N1c1ccccc1. The van der Waals surface area contributed by atoms with Crippen molar-refractivity contribution in [2.24, 2.45) is 7.05 Å². The van der Waals surface area contributed by atoms with E-state index in [0.29, 0.717) is 17.8 Å². The highest BCUT2D eigenvalue weighted by atomic mass is 16.2. The summed E-state index contributed by atoms with van der Waals surface area (Å²) in [5.41, 5.74) is 2.34. The molecule has 0 radical (unpaired) electrons. The minimum absolute atomic E-state index is 0.0522. The maximum atomic E-state index is 12.9. The van der Waals surface area contributed by atoms with Crippen LogP contribution < -0.4 is 10.2 Å². The smallest absolute Gasteiger partial charge is 0.249 e. The second-order valence-corrected chi connectivity index (χ2v) is 6.08. The number of aryl methyl sites for hydroxylation is 1. The van der Waals surface area contributed by atoms with Crippen LogP contribution in [-0.2, 0) is 11.8 Å². The maximum absolute atomic E-state index is 12.9. The van der Waals surface area contributed by atoms with Crippen LogP contribution in [0.1, 0.15) is 13.3 Å². The number of aromatic nitrogens is 4. The van der Waals surface area contributed by atoms with E-state index in [0.717, 1.165) is 11.3 Å². The highest BCUT2D eigenvalue weighted by Gasteiger charge is 2.38. The summed E-state index contributed by atoms with van der Waals surface area (Å²) >= 11 is 0. The van der Waals surface area contributed by atoms with Crippen molar-refractivity contribution in [1.82, 2.24) is 19.5 Å². The number of benzene rings is 1. The Kier molecular flexibility index (Phi) is 3.41. The van der Waals surface area contributed by atoms with Crippen molar-refractivity contribution >= 4 is 28.6 Å². The van der Waals surface area contributed by atoms with Crippen LogP contribution in [0.4, 0.5) is 11.5 Å². The van der Waals surface area contributed by atoms with E-state index < -0.39 is 0 Å². The number of hydrogen-bond donors (Lipinski definition) is 1. The Morgan fingerprint density at radius 2 is 1.96 bits per heavy atom. The predicted molar refractivity (Wildman–Crippen MR) is 91.7 cm³/mol. The number of para-hydroxylation sites is 1. The molecule has 7 heteroatoms. The van der Waals surface area contributed by atoms with Crippen LogP contribution >= 0.6 is 0 Å². The van der Waals surface area contributed by atoms with Crippen molar-refractivity contribution in [2.75, 3.05) is 10.2 Å². The maximum Gasteiger partial charge on any atom is 0.249 e. The normalized spacial score (nSPS) is 20.8. The molecule has 2 aromatic heterocycles. The van der Waals surface area contributed by atoms with Crippen LogP contribution in [-0.4, -0.2) is 37.5 Å². The minimum atomic E-state index is -0.319. The number of hydrogen-bond acceptors (Lipinski definition) is 5. The van der Waals surface area contributed by atoms with Crippen LogP contribution in [0.2, 0.25) is 0 Å². The molecule has 3 aromatic rings. The average molecular weight is 322 g/mol. The molecule has 3 heterocycles. The molecular weight excluding hydrogens is 304 g/mol. The number of carbonyl (C=O) groups is 1. The molecule has 2 atom stereocenters. The predicted octanol–water partition coefficient (Wildman–Crippen LogP) is 1.97. The summed E-state index contributed by atoms with van der Waals surface area (Å²) in [6.07, 6.45) is 3.90. The fraction of sp³-hybridized carbons (Fsp3) is 0.294. The molecule has 0 aliphatic carbocycles. The zero-order chi connectivity index (χ0) is 16.7. The molecule has 122 valence electrons. The third kappa shape index (κ3) is 2.29. The Morgan fingerprint density at radius 1 is 1.17 bits per heavy atom. The third-order valence-corrected chi connectivity index (χ3v) is 4.40. The second-order valence-electron chi connectivity index (χ2n) is 6.08. The first kappa shape index (κ1) is 14.6. The standard InChI is InChI=1S/C17H18N6O/c1-11-8-13(17(24)23(11)12-6-4-3-5-7-12)21-15-14-16(19-9-18-15)22(2)10-20-14/h3-7,9-11,13H,8H2,1-2H3,(H,18,19,21). The fourth-order valence-corrected chi connectivity index (χ4v) is 3.24. The number of rotatable bonds is 3. The van der Waals surface area contributed by atoms with Gasteiger partial charge < -0.3 is 14.8 Å². The van der Waals surface area contributed by atoms with Gasteiger partial charge in [0.15, 0.2) is 11.5 Å². The van der Waals surface area contributed by atoms with Gasteiger partial charge in [-0.2, -0.15) is 0 Å². The van der Waals surface area contributed by atoms with E-state index in [2.05, 4.69) is 27.2 Å². The summed E-state index contributed by atoms with van der Waals surface area (Å²) in [6, 6.07) is 9.55. The summed E-state index contributed by atoms with van der Waals surface area (Å²) in [4.78, 5) is 27.5. The number of imidazole rings is 1. The van der Waals surface area contributed by atoms with Crippen molar-refractivity contribution in [1.29, 1.82) is 0 Å². The van der Waals surface area contributed by atoms with Crippen LogP contribution in [0.3, 0.4) is 0 Å². The summed E-state index contributed by atoms with van der Waals surface area (Å²) in [6.45, 7) is 2.06. The lowest BCUT2D eigenvalue weighted by Gasteiger charge is -2.21. The summed E-state index contributed by atoms with van der Waals surface area (Å²) in [7, 11) is 1.88. The summed E-state index contributed by atoms with van der Waals surface area (Å²) in [5, 5.41) is 3.26. The van der Waals surface area contributed by atoms with E-state index in [1.54, 1.807) is 6.33 Å². The van der Waals surface area contributed by atoms with Gasteiger partial charge in [0.25, 0.3) is 0 Å². The molecular formula is C17H18N6O. The van der Waals surface area contributed by atoms with Gasteiger partial charge in [0.1, 0.15) is 17.9 Å². The molecule has 0 spiro atoms. The topological polar surface area (TPSA) is 75.9 Å². The molecule has 7 nitrogen and oxygen atoms in total. The van der Waals surface area contributed by atoms with Gasteiger partial charge in [-0.15, -0.1) is 0 Å². The summed E-state index contributed by atoms with van der Waals surface area (Å²) < 4.78 is 1.83. The van der Waals surface area contributed by atoms with Gasteiger partial charge in [0, 0.05) is 18.8 Å². The molecule has 4 rings (SSSR count). The lowest BCUT2D eigenvalue weighted by Crippen LogP contribution is -2.35. The zero-order valence-corrected chi connectivity index (χ0v) is 13.5. The van der Waals surface area contributed by atoms with E-state index in [1.807, 2.05) is 46.8 Å². The van der Waals surface area contributed by atoms with Gasteiger partial charge in [-0.1, -0.05) is 18.2 Å². The number of amides is 1. The van der Waals surface area contributed by atoms with Crippen LogP contribution in [0.15, 0.2) is 43.0 Å². The van der Waals surface area contributed by atoms with Gasteiger partial charge in [-0.25, -0.2) is 15.0 Å². The minimum Gasteiger partial charge on any atom is -0.356 e. The molecule has 2 unspecified atom stereocenters. The van der Waals surface area contributed by atoms with E-state index in [1.165, 1.54) is 6.33 Å². The molecule has 1 N–H and O–H groups in total. The van der Waals surface area contributed by atoms with Crippen LogP contribution in [0.5, 0.6) is 0 Å². The van der Waals surface area contributed by atoms with E-state index >= 15 is 0 Å². The fourth-order valence-electron chi connectivity index (χ4n) is 3.24. The van der Waals surface area contributed by atoms with Crippen molar-refractivity contribution < 1.29 is 4.79 Å². The second kappa shape index (κ2) is 5.59. The molecule has 1 fully saturated rings. The van der Waals surface area contributed by atoms with E-state index in [9.17, 15) is 4.79 Å².